The molecule has 0 amide bonds. The van der Waals surface area contributed by atoms with Gasteiger partial charge in [0.2, 0.25) is 0 Å². The molecule has 0 aliphatic rings. The van der Waals surface area contributed by atoms with Crippen LogP contribution in [-0.4, -0.2) is 19.1 Å². The van der Waals surface area contributed by atoms with Gasteiger partial charge in [-0.1, -0.05) is 11.6 Å². The van der Waals surface area contributed by atoms with Crippen molar-refractivity contribution < 1.29 is 9.53 Å². The van der Waals surface area contributed by atoms with E-state index in [-0.39, 0.29) is 12.5 Å². The Morgan fingerprint density at radius 2 is 2.33 bits per heavy atom. The van der Waals surface area contributed by atoms with E-state index in [9.17, 15) is 4.79 Å². The highest BCUT2D eigenvalue weighted by atomic mass is 35.5. The summed E-state index contributed by atoms with van der Waals surface area (Å²) in [6.45, 7) is 2.23. The van der Waals surface area contributed by atoms with Crippen LogP contribution < -0.4 is 11.1 Å². The van der Waals surface area contributed by atoms with E-state index in [0.717, 1.165) is 0 Å². The van der Waals surface area contributed by atoms with Crippen molar-refractivity contribution >= 4 is 28.9 Å². The smallest absolute Gasteiger partial charge is 0.325 e. The Labute approximate surface area is 93.4 Å². The van der Waals surface area contributed by atoms with Crippen LogP contribution in [0, 0.1) is 0 Å². The van der Waals surface area contributed by atoms with Gasteiger partial charge in [-0.25, -0.2) is 0 Å². The van der Waals surface area contributed by atoms with Crippen LogP contribution in [0.4, 0.5) is 11.4 Å². The second kappa shape index (κ2) is 5.46. The van der Waals surface area contributed by atoms with E-state index in [1.165, 1.54) is 0 Å². The zero-order valence-electron chi connectivity index (χ0n) is 8.42. The molecular weight excluding hydrogens is 216 g/mol. The van der Waals surface area contributed by atoms with Crippen LogP contribution in [-0.2, 0) is 9.53 Å². The molecule has 3 N–H and O–H groups in total. The second-order valence-corrected chi connectivity index (χ2v) is 3.33. The number of rotatable bonds is 4. The monoisotopic (exact) mass is 228 g/mol. The van der Waals surface area contributed by atoms with Crippen LogP contribution in [0.15, 0.2) is 18.2 Å². The van der Waals surface area contributed by atoms with Crippen molar-refractivity contribution in [1.82, 2.24) is 0 Å². The Kier molecular flexibility index (Phi) is 4.24. The Balaban J connectivity index is 2.54. The minimum Gasteiger partial charge on any atom is -0.465 e. The van der Waals surface area contributed by atoms with E-state index in [0.29, 0.717) is 23.0 Å². The Bertz CT molecular complexity index is 355. The molecule has 1 aromatic rings. The van der Waals surface area contributed by atoms with Gasteiger partial charge in [-0.3, -0.25) is 4.79 Å². The number of carbonyl (C=O) groups excluding carboxylic acids is 1. The zero-order valence-corrected chi connectivity index (χ0v) is 9.17. The van der Waals surface area contributed by atoms with Crippen LogP contribution >= 0.6 is 11.6 Å². The SMILES string of the molecule is CCOC(=O)CNc1ccc(Cl)cc1N. The predicted octanol–water partition coefficient (Wildman–Crippen LogP) is 1.90. The van der Waals surface area contributed by atoms with Crippen LogP contribution in [0.2, 0.25) is 5.02 Å². The summed E-state index contributed by atoms with van der Waals surface area (Å²) in [6.07, 6.45) is 0. The van der Waals surface area contributed by atoms with Gasteiger partial charge in [-0.15, -0.1) is 0 Å². The summed E-state index contributed by atoms with van der Waals surface area (Å²) in [6, 6.07) is 5.04. The molecular formula is C10H13ClN2O2. The molecule has 0 aromatic heterocycles. The van der Waals surface area contributed by atoms with Gasteiger partial charge in [-0.05, 0) is 25.1 Å². The first kappa shape index (κ1) is 11.7. The van der Waals surface area contributed by atoms with Crippen LogP contribution in [0.3, 0.4) is 0 Å². The van der Waals surface area contributed by atoms with Crippen molar-refractivity contribution in [3.63, 3.8) is 0 Å². The van der Waals surface area contributed by atoms with Crippen molar-refractivity contribution in [2.75, 3.05) is 24.2 Å². The Morgan fingerprint density at radius 3 is 2.93 bits per heavy atom. The fourth-order valence-electron chi connectivity index (χ4n) is 1.07. The fourth-order valence-corrected chi connectivity index (χ4v) is 1.25. The number of anilines is 2. The number of benzene rings is 1. The van der Waals surface area contributed by atoms with E-state index in [1.54, 1.807) is 25.1 Å². The highest BCUT2D eigenvalue weighted by molar-refractivity contribution is 6.31. The summed E-state index contributed by atoms with van der Waals surface area (Å²) in [5.41, 5.74) is 6.86. The van der Waals surface area contributed by atoms with Gasteiger partial charge < -0.3 is 15.8 Å². The molecule has 0 bridgehead atoms. The maximum atomic E-state index is 11.0. The van der Waals surface area contributed by atoms with Crippen molar-refractivity contribution in [2.24, 2.45) is 0 Å². The van der Waals surface area contributed by atoms with Crippen molar-refractivity contribution in [3.05, 3.63) is 23.2 Å². The summed E-state index contributed by atoms with van der Waals surface area (Å²) < 4.78 is 4.76. The quantitative estimate of drug-likeness (QED) is 0.610. The van der Waals surface area contributed by atoms with Gasteiger partial charge in [-0.2, -0.15) is 0 Å². The number of nitrogens with two attached hydrogens (primary N) is 1. The molecule has 0 aliphatic heterocycles. The summed E-state index contributed by atoms with van der Waals surface area (Å²) in [4.78, 5) is 11.0. The maximum absolute atomic E-state index is 11.0. The van der Waals surface area contributed by atoms with E-state index in [4.69, 9.17) is 22.1 Å². The molecule has 15 heavy (non-hydrogen) atoms. The lowest BCUT2D eigenvalue weighted by Crippen LogP contribution is -2.17. The van der Waals surface area contributed by atoms with Gasteiger partial charge >= 0.3 is 5.97 Å². The number of halogens is 1. The molecule has 0 fully saturated rings. The van der Waals surface area contributed by atoms with Gasteiger partial charge in [0, 0.05) is 5.02 Å². The Hall–Kier alpha value is -1.42. The van der Waals surface area contributed by atoms with Gasteiger partial charge in [0.15, 0.2) is 0 Å². The topological polar surface area (TPSA) is 64.3 Å². The molecule has 5 heteroatoms. The van der Waals surface area contributed by atoms with E-state index in [1.807, 2.05) is 0 Å². The number of nitrogen functional groups attached to an aromatic ring is 1. The molecule has 4 nitrogen and oxygen atoms in total. The minimum absolute atomic E-state index is 0.0969. The maximum Gasteiger partial charge on any atom is 0.325 e. The molecule has 0 saturated carbocycles. The molecule has 0 unspecified atom stereocenters. The summed E-state index contributed by atoms with van der Waals surface area (Å²) in [5.74, 6) is -0.313. The largest absolute Gasteiger partial charge is 0.465 e. The predicted molar refractivity (Wildman–Crippen MR) is 61.0 cm³/mol. The highest BCUT2D eigenvalue weighted by Gasteiger charge is 2.03. The third-order valence-corrected chi connectivity index (χ3v) is 1.98. The lowest BCUT2D eigenvalue weighted by molar-refractivity contribution is -0.140. The molecule has 82 valence electrons. The molecule has 0 heterocycles. The number of carbonyl (C=O) groups is 1. The lowest BCUT2D eigenvalue weighted by Gasteiger charge is -2.08. The number of hydrogen-bond acceptors (Lipinski definition) is 4. The van der Waals surface area contributed by atoms with Crippen molar-refractivity contribution in [3.8, 4) is 0 Å². The average molecular weight is 229 g/mol. The van der Waals surface area contributed by atoms with Crippen LogP contribution in [0.5, 0.6) is 0 Å². The second-order valence-electron chi connectivity index (χ2n) is 2.89. The van der Waals surface area contributed by atoms with E-state index in [2.05, 4.69) is 5.32 Å². The molecule has 0 saturated heterocycles. The van der Waals surface area contributed by atoms with Gasteiger partial charge in [0.05, 0.1) is 18.0 Å². The standard InChI is InChI=1S/C10H13ClN2O2/c1-2-15-10(14)6-13-9-4-3-7(11)5-8(9)12/h3-5,13H,2,6,12H2,1H3. The molecule has 1 rings (SSSR count). The molecule has 0 spiro atoms. The summed E-state index contributed by atoms with van der Waals surface area (Å²) in [7, 11) is 0. The molecule has 0 atom stereocenters. The number of hydrogen-bond donors (Lipinski definition) is 2. The van der Waals surface area contributed by atoms with Crippen molar-refractivity contribution in [2.45, 2.75) is 6.92 Å². The molecule has 1 aromatic carbocycles. The Morgan fingerprint density at radius 1 is 1.60 bits per heavy atom. The summed E-state index contributed by atoms with van der Waals surface area (Å²) in [5, 5.41) is 3.43. The number of esters is 1. The normalized spacial score (nSPS) is 9.73. The first-order chi connectivity index (χ1) is 7.13. The lowest BCUT2D eigenvalue weighted by atomic mass is 10.2. The fraction of sp³-hybridized carbons (Fsp3) is 0.300. The first-order valence-corrected chi connectivity index (χ1v) is 4.95. The number of ether oxygens (including phenoxy) is 1. The first-order valence-electron chi connectivity index (χ1n) is 4.58. The van der Waals surface area contributed by atoms with Crippen molar-refractivity contribution in [1.29, 1.82) is 0 Å². The minimum atomic E-state index is -0.313. The van der Waals surface area contributed by atoms with E-state index < -0.39 is 0 Å². The number of nitrogens with one attached hydrogen (secondary N) is 1. The van der Waals surface area contributed by atoms with Gasteiger partial charge in [0.1, 0.15) is 6.54 Å². The average Bonchev–Trinajstić information content (AvgIpc) is 2.17. The highest BCUT2D eigenvalue weighted by Crippen LogP contribution is 2.22. The molecule has 0 radical (unpaired) electrons. The summed E-state index contributed by atoms with van der Waals surface area (Å²) >= 11 is 5.73. The van der Waals surface area contributed by atoms with Gasteiger partial charge in [0.25, 0.3) is 0 Å². The zero-order chi connectivity index (χ0) is 11.3. The third kappa shape index (κ3) is 3.67. The molecule has 0 aliphatic carbocycles. The van der Waals surface area contributed by atoms with E-state index >= 15 is 0 Å². The van der Waals surface area contributed by atoms with Crippen LogP contribution in [0.25, 0.3) is 0 Å². The third-order valence-electron chi connectivity index (χ3n) is 1.74. The van der Waals surface area contributed by atoms with Crippen LogP contribution in [0.1, 0.15) is 6.92 Å².